The number of hydrogen-bond acceptors (Lipinski definition) is 5. The fraction of sp³-hybridized carbons (Fsp3) is 0.250. The first-order valence-electron chi connectivity index (χ1n) is 7.16. The van der Waals surface area contributed by atoms with Gasteiger partial charge in [-0.1, -0.05) is 6.07 Å². The molecule has 0 aromatic heterocycles. The zero-order valence-corrected chi connectivity index (χ0v) is 13.4. The molecule has 3 rings (SSSR count). The minimum Gasteiger partial charge on any atom is -0.508 e. The standard InChI is InChI=1S/C16H17NO5S/c1-17(12-4-2-5-13(18)10-12)23(19,20)14-6-7-15-16(11-14)22-9-3-8-21-15/h2,4-7,10-11,18H,3,8-9H2,1H3. The van der Waals surface area contributed by atoms with Gasteiger partial charge in [0, 0.05) is 25.6 Å². The molecule has 0 atom stereocenters. The summed E-state index contributed by atoms with van der Waals surface area (Å²) in [6.45, 7) is 1.03. The molecular formula is C16H17NO5S. The summed E-state index contributed by atoms with van der Waals surface area (Å²) < 4.78 is 37.7. The third-order valence-electron chi connectivity index (χ3n) is 3.57. The van der Waals surface area contributed by atoms with Crippen LogP contribution in [0, 0.1) is 0 Å². The largest absolute Gasteiger partial charge is 0.508 e. The van der Waals surface area contributed by atoms with Crippen LogP contribution < -0.4 is 13.8 Å². The molecule has 23 heavy (non-hydrogen) atoms. The average molecular weight is 335 g/mol. The second-order valence-corrected chi connectivity index (χ2v) is 7.12. The number of ether oxygens (including phenoxy) is 2. The Balaban J connectivity index is 1.98. The maximum absolute atomic E-state index is 12.8. The number of fused-ring (bicyclic) bond motifs is 1. The quantitative estimate of drug-likeness (QED) is 0.932. The van der Waals surface area contributed by atoms with Crippen molar-refractivity contribution in [3.8, 4) is 17.2 Å². The van der Waals surface area contributed by atoms with Crippen LogP contribution >= 0.6 is 0 Å². The first kappa shape index (κ1) is 15.5. The van der Waals surface area contributed by atoms with Crippen molar-refractivity contribution in [2.45, 2.75) is 11.3 Å². The van der Waals surface area contributed by atoms with Crippen LogP contribution in [0.15, 0.2) is 47.4 Å². The Morgan fingerprint density at radius 3 is 2.52 bits per heavy atom. The lowest BCUT2D eigenvalue weighted by Gasteiger charge is -2.20. The lowest BCUT2D eigenvalue weighted by Crippen LogP contribution is -2.26. The number of aromatic hydroxyl groups is 1. The molecule has 2 aromatic carbocycles. The highest BCUT2D eigenvalue weighted by Gasteiger charge is 2.24. The van der Waals surface area contributed by atoms with Crippen molar-refractivity contribution >= 4 is 15.7 Å². The van der Waals surface area contributed by atoms with Crippen molar-refractivity contribution in [3.05, 3.63) is 42.5 Å². The van der Waals surface area contributed by atoms with E-state index in [0.717, 1.165) is 10.7 Å². The van der Waals surface area contributed by atoms with Gasteiger partial charge in [0.15, 0.2) is 11.5 Å². The van der Waals surface area contributed by atoms with Crippen LogP contribution in [-0.2, 0) is 10.0 Å². The molecule has 0 spiro atoms. The third-order valence-corrected chi connectivity index (χ3v) is 5.35. The number of benzene rings is 2. The molecule has 1 aliphatic heterocycles. The summed E-state index contributed by atoms with van der Waals surface area (Å²) in [5.74, 6) is 0.970. The molecule has 0 aliphatic carbocycles. The minimum atomic E-state index is -3.77. The molecule has 1 N–H and O–H groups in total. The maximum Gasteiger partial charge on any atom is 0.264 e. The van der Waals surface area contributed by atoms with E-state index in [9.17, 15) is 13.5 Å². The summed E-state index contributed by atoms with van der Waals surface area (Å²) in [5.41, 5.74) is 0.372. The fourth-order valence-electron chi connectivity index (χ4n) is 2.29. The maximum atomic E-state index is 12.8. The first-order valence-corrected chi connectivity index (χ1v) is 8.60. The lowest BCUT2D eigenvalue weighted by molar-refractivity contribution is 0.297. The van der Waals surface area contributed by atoms with Crippen LogP contribution in [0.2, 0.25) is 0 Å². The van der Waals surface area contributed by atoms with Crippen molar-refractivity contribution in [2.24, 2.45) is 0 Å². The number of phenolic OH excluding ortho intramolecular Hbond substituents is 1. The zero-order chi connectivity index (χ0) is 16.4. The van der Waals surface area contributed by atoms with E-state index in [1.165, 1.54) is 31.3 Å². The molecule has 0 unspecified atom stereocenters. The predicted octanol–water partition coefficient (Wildman–Crippen LogP) is 2.38. The topological polar surface area (TPSA) is 76.1 Å². The monoisotopic (exact) mass is 335 g/mol. The van der Waals surface area contributed by atoms with E-state index in [0.29, 0.717) is 30.4 Å². The molecule has 0 radical (unpaired) electrons. The van der Waals surface area contributed by atoms with Crippen LogP contribution in [0.25, 0.3) is 0 Å². The fourth-order valence-corrected chi connectivity index (χ4v) is 3.49. The summed E-state index contributed by atoms with van der Waals surface area (Å²) >= 11 is 0. The Labute approximate surface area is 134 Å². The van der Waals surface area contributed by atoms with Crippen LogP contribution in [0.4, 0.5) is 5.69 Å². The van der Waals surface area contributed by atoms with Crippen molar-refractivity contribution in [3.63, 3.8) is 0 Å². The molecule has 122 valence electrons. The summed E-state index contributed by atoms with van der Waals surface area (Å²) in [4.78, 5) is 0.104. The molecule has 0 saturated carbocycles. The molecule has 1 aliphatic rings. The Bertz CT molecular complexity index is 819. The molecule has 2 aromatic rings. The van der Waals surface area contributed by atoms with Crippen LogP contribution in [0.3, 0.4) is 0 Å². The Hall–Kier alpha value is -2.41. The summed E-state index contributed by atoms with van der Waals surface area (Å²) in [5, 5.41) is 9.53. The van der Waals surface area contributed by atoms with E-state index < -0.39 is 10.0 Å². The number of sulfonamides is 1. The molecule has 6 nitrogen and oxygen atoms in total. The SMILES string of the molecule is CN(c1cccc(O)c1)S(=O)(=O)c1ccc2c(c1)OCCCO2. The second kappa shape index (κ2) is 6.00. The molecule has 0 fully saturated rings. The van der Waals surface area contributed by atoms with Gasteiger partial charge in [-0.3, -0.25) is 4.31 Å². The molecule has 0 amide bonds. The molecular weight excluding hydrogens is 318 g/mol. The second-order valence-electron chi connectivity index (χ2n) is 5.15. The summed E-state index contributed by atoms with van der Waals surface area (Å²) in [6, 6.07) is 10.6. The van der Waals surface area contributed by atoms with Gasteiger partial charge in [0.05, 0.1) is 23.8 Å². The number of hydrogen-bond donors (Lipinski definition) is 1. The van der Waals surface area contributed by atoms with Gasteiger partial charge >= 0.3 is 0 Å². The Kier molecular flexibility index (Phi) is 4.04. The van der Waals surface area contributed by atoms with E-state index in [1.54, 1.807) is 18.2 Å². The predicted molar refractivity (Wildman–Crippen MR) is 85.7 cm³/mol. The number of nitrogens with zero attached hydrogens (tertiary/aromatic N) is 1. The van der Waals surface area contributed by atoms with Gasteiger partial charge in [0.25, 0.3) is 10.0 Å². The number of phenols is 1. The molecule has 1 heterocycles. The van der Waals surface area contributed by atoms with Gasteiger partial charge < -0.3 is 14.6 Å². The molecule has 0 saturated heterocycles. The third kappa shape index (κ3) is 3.05. The molecule has 7 heteroatoms. The Morgan fingerprint density at radius 2 is 1.78 bits per heavy atom. The summed E-state index contributed by atoms with van der Waals surface area (Å²) in [7, 11) is -2.33. The van der Waals surface area contributed by atoms with Gasteiger partial charge in [-0.05, 0) is 24.3 Å². The van der Waals surface area contributed by atoms with E-state index in [2.05, 4.69) is 0 Å². The van der Waals surface area contributed by atoms with Gasteiger partial charge in [0.1, 0.15) is 5.75 Å². The van der Waals surface area contributed by atoms with Crippen molar-refractivity contribution in [2.75, 3.05) is 24.6 Å². The lowest BCUT2D eigenvalue weighted by atomic mass is 10.3. The minimum absolute atomic E-state index is 0.00297. The average Bonchev–Trinajstić information content (AvgIpc) is 2.78. The van der Waals surface area contributed by atoms with Crippen molar-refractivity contribution in [1.29, 1.82) is 0 Å². The van der Waals surface area contributed by atoms with Crippen molar-refractivity contribution < 1.29 is 23.0 Å². The van der Waals surface area contributed by atoms with Gasteiger partial charge in [-0.15, -0.1) is 0 Å². The van der Waals surface area contributed by atoms with Crippen LogP contribution in [0.5, 0.6) is 17.2 Å². The molecule has 0 bridgehead atoms. The highest BCUT2D eigenvalue weighted by atomic mass is 32.2. The van der Waals surface area contributed by atoms with E-state index >= 15 is 0 Å². The van der Waals surface area contributed by atoms with Crippen LogP contribution in [-0.4, -0.2) is 33.8 Å². The van der Waals surface area contributed by atoms with E-state index in [1.807, 2.05) is 0 Å². The zero-order valence-electron chi connectivity index (χ0n) is 12.6. The first-order chi connectivity index (χ1) is 11.0. The number of rotatable bonds is 3. The van der Waals surface area contributed by atoms with Gasteiger partial charge in [-0.25, -0.2) is 8.42 Å². The van der Waals surface area contributed by atoms with Gasteiger partial charge in [0.2, 0.25) is 0 Å². The van der Waals surface area contributed by atoms with Gasteiger partial charge in [-0.2, -0.15) is 0 Å². The van der Waals surface area contributed by atoms with E-state index in [4.69, 9.17) is 9.47 Å². The van der Waals surface area contributed by atoms with Crippen molar-refractivity contribution in [1.82, 2.24) is 0 Å². The smallest absolute Gasteiger partial charge is 0.264 e. The highest BCUT2D eigenvalue weighted by Crippen LogP contribution is 2.33. The number of anilines is 1. The highest BCUT2D eigenvalue weighted by molar-refractivity contribution is 7.92. The van der Waals surface area contributed by atoms with E-state index in [-0.39, 0.29) is 10.6 Å². The van der Waals surface area contributed by atoms with Crippen LogP contribution in [0.1, 0.15) is 6.42 Å². The summed E-state index contributed by atoms with van der Waals surface area (Å²) in [6.07, 6.45) is 0.750. The normalized spacial score (nSPS) is 14.1. The Morgan fingerprint density at radius 1 is 1.04 bits per heavy atom.